The number of hydrazone groups is 1. The molecule has 0 N–H and O–H groups in total. The fourth-order valence-corrected chi connectivity index (χ4v) is 3.99. The second-order valence-electron chi connectivity index (χ2n) is 8.20. The maximum atomic E-state index is 13.0. The van der Waals surface area contributed by atoms with Crippen LogP contribution in [0.25, 0.3) is 0 Å². The van der Waals surface area contributed by atoms with Crippen LogP contribution in [0.1, 0.15) is 34.9 Å². The van der Waals surface area contributed by atoms with Crippen LogP contribution in [0.4, 0.5) is 0 Å². The van der Waals surface area contributed by atoms with E-state index < -0.39 is 24.5 Å². The van der Waals surface area contributed by atoms with E-state index in [9.17, 15) is 9.59 Å². The highest BCUT2D eigenvalue weighted by Crippen LogP contribution is 2.33. The normalized spacial score (nSPS) is 16.8. The van der Waals surface area contributed by atoms with Crippen molar-refractivity contribution in [3.05, 3.63) is 83.3 Å². The smallest absolute Gasteiger partial charge is 0.310 e. The van der Waals surface area contributed by atoms with Crippen molar-refractivity contribution < 1.29 is 28.2 Å². The average Bonchev–Trinajstić information content (AvgIpc) is 3.53. The summed E-state index contributed by atoms with van der Waals surface area (Å²) in [6.07, 6.45) is 2.09. The predicted octanol–water partition coefficient (Wildman–Crippen LogP) is 3.82. The zero-order valence-electron chi connectivity index (χ0n) is 18.7. The van der Waals surface area contributed by atoms with Gasteiger partial charge in [0.05, 0.1) is 18.4 Å². The van der Waals surface area contributed by atoms with E-state index in [1.807, 2.05) is 37.3 Å². The number of rotatable bonds is 6. The first-order valence-electron chi connectivity index (χ1n) is 11.1. The van der Waals surface area contributed by atoms with Gasteiger partial charge in [-0.3, -0.25) is 9.59 Å². The molecule has 174 valence electrons. The van der Waals surface area contributed by atoms with Crippen molar-refractivity contribution in [2.75, 3.05) is 19.8 Å². The molecule has 5 rings (SSSR count). The van der Waals surface area contributed by atoms with Gasteiger partial charge in [-0.05, 0) is 42.3 Å². The van der Waals surface area contributed by atoms with Crippen LogP contribution in [0.2, 0.25) is 0 Å². The van der Waals surface area contributed by atoms with Gasteiger partial charge in [0.25, 0.3) is 5.91 Å². The van der Waals surface area contributed by atoms with Crippen molar-refractivity contribution in [2.45, 2.75) is 25.8 Å². The monoisotopic (exact) mass is 460 g/mol. The quantitative estimate of drug-likeness (QED) is 0.520. The number of esters is 1. The lowest BCUT2D eigenvalue weighted by atomic mass is 10.0. The van der Waals surface area contributed by atoms with E-state index in [0.717, 1.165) is 22.4 Å². The van der Waals surface area contributed by atoms with E-state index in [0.29, 0.717) is 36.9 Å². The third-order valence-electron chi connectivity index (χ3n) is 5.73. The number of carbonyl (C=O) groups excluding carboxylic acids is 2. The molecule has 8 heteroatoms. The number of fused-ring (bicyclic) bond motifs is 1. The first-order chi connectivity index (χ1) is 16.6. The minimum absolute atomic E-state index is 0.0173. The molecule has 0 radical (unpaired) electrons. The van der Waals surface area contributed by atoms with Crippen LogP contribution in [0.15, 0.2) is 70.4 Å². The molecule has 0 bridgehead atoms. The number of hydrogen-bond donors (Lipinski definition) is 0. The van der Waals surface area contributed by atoms with E-state index in [1.165, 1.54) is 5.01 Å². The van der Waals surface area contributed by atoms with Gasteiger partial charge >= 0.3 is 5.97 Å². The van der Waals surface area contributed by atoms with Crippen molar-refractivity contribution in [1.29, 1.82) is 0 Å². The third kappa shape index (κ3) is 4.66. The van der Waals surface area contributed by atoms with Crippen molar-refractivity contribution in [1.82, 2.24) is 5.01 Å². The number of hydrogen-bond acceptors (Lipinski definition) is 7. The lowest BCUT2D eigenvalue weighted by Crippen LogP contribution is -2.31. The minimum Gasteiger partial charge on any atom is -0.486 e. The number of amides is 1. The van der Waals surface area contributed by atoms with Crippen LogP contribution in [0.3, 0.4) is 0 Å². The second-order valence-corrected chi connectivity index (χ2v) is 8.20. The number of nitrogens with zero attached hydrogens (tertiary/aromatic N) is 2. The Bertz CT molecular complexity index is 1220. The zero-order valence-corrected chi connectivity index (χ0v) is 18.7. The Labute approximate surface area is 196 Å². The summed E-state index contributed by atoms with van der Waals surface area (Å²) in [5.74, 6) is 0.949. The Hall–Kier alpha value is -4.07. The summed E-state index contributed by atoms with van der Waals surface area (Å²) in [5.41, 5.74) is 3.57. The Balaban J connectivity index is 1.25. The van der Waals surface area contributed by atoms with Crippen molar-refractivity contribution in [2.24, 2.45) is 5.10 Å². The molecule has 0 aliphatic carbocycles. The number of benzene rings is 2. The summed E-state index contributed by atoms with van der Waals surface area (Å²) in [5, 5.41) is 5.91. The minimum atomic E-state index is -0.512. The van der Waals surface area contributed by atoms with Gasteiger partial charge in [-0.1, -0.05) is 35.9 Å². The van der Waals surface area contributed by atoms with Gasteiger partial charge in [0, 0.05) is 6.42 Å². The van der Waals surface area contributed by atoms with Crippen LogP contribution in [0.5, 0.6) is 11.5 Å². The lowest BCUT2D eigenvalue weighted by molar-refractivity contribution is -0.152. The SMILES string of the molecule is Cc1ccc(C2=NN(C(=O)COC(=O)Cc3ccc4c(c3)OCCO4)C(c3ccco3)C2)cc1. The first-order valence-corrected chi connectivity index (χ1v) is 11.1. The Morgan fingerprint density at radius 3 is 2.62 bits per heavy atom. The largest absolute Gasteiger partial charge is 0.486 e. The van der Waals surface area contributed by atoms with Crippen LogP contribution in [-0.4, -0.2) is 42.4 Å². The molecular formula is C26H24N2O6. The predicted molar refractivity (Wildman–Crippen MR) is 123 cm³/mol. The fourth-order valence-electron chi connectivity index (χ4n) is 3.99. The second kappa shape index (κ2) is 9.43. The standard InChI is InChI=1S/C26H24N2O6/c1-17-4-7-19(8-5-17)20-15-21(22-3-2-10-31-22)28(27-20)25(29)16-34-26(30)14-18-6-9-23-24(13-18)33-12-11-32-23/h2-10,13,21H,11-12,14-16H2,1H3. The molecule has 1 atom stereocenters. The van der Waals surface area contributed by atoms with Gasteiger partial charge in [0.2, 0.25) is 0 Å². The highest BCUT2D eigenvalue weighted by molar-refractivity contribution is 6.03. The maximum Gasteiger partial charge on any atom is 0.310 e. The van der Waals surface area contributed by atoms with Crippen molar-refractivity contribution in [3.8, 4) is 11.5 Å². The third-order valence-corrected chi connectivity index (χ3v) is 5.73. The maximum absolute atomic E-state index is 13.0. The van der Waals surface area contributed by atoms with Gasteiger partial charge in [0.15, 0.2) is 18.1 Å². The van der Waals surface area contributed by atoms with Gasteiger partial charge in [0.1, 0.15) is 25.0 Å². The number of ether oxygens (including phenoxy) is 3. The van der Waals surface area contributed by atoms with Gasteiger partial charge < -0.3 is 18.6 Å². The molecule has 1 aromatic heterocycles. The molecule has 3 heterocycles. The van der Waals surface area contributed by atoms with Crippen molar-refractivity contribution in [3.63, 3.8) is 0 Å². The van der Waals surface area contributed by atoms with E-state index in [-0.39, 0.29) is 6.42 Å². The summed E-state index contributed by atoms with van der Waals surface area (Å²) >= 11 is 0. The average molecular weight is 460 g/mol. The molecular weight excluding hydrogens is 436 g/mol. The molecule has 2 aliphatic heterocycles. The molecule has 3 aromatic rings. The van der Waals surface area contributed by atoms with E-state index in [1.54, 1.807) is 30.5 Å². The molecule has 34 heavy (non-hydrogen) atoms. The van der Waals surface area contributed by atoms with Gasteiger partial charge in [-0.25, -0.2) is 5.01 Å². The fraction of sp³-hybridized carbons (Fsp3) is 0.269. The van der Waals surface area contributed by atoms with E-state index in [4.69, 9.17) is 18.6 Å². The molecule has 0 fully saturated rings. The Morgan fingerprint density at radius 1 is 1.06 bits per heavy atom. The topological polar surface area (TPSA) is 90.6 Å². The summed E-state index contributed by atoms with van der Waals surface area (Å²) in [7, 11) is 0. The van der Waals surface area contributed by atoms with E-state index >= 15 is 0 Å². The summed E-state index contributed by atoms with van der Waals surface area (Å²) in [6.45, 7) is 2.57. The molecule has 2 aliphatic rings. The lowest BCUT2D eigenvalue weighted by Gasteiger charge is -2.20. The molecule has 1 unspecified atom stereocenters. The van der Waals surface area contributed by atoms with Crippen LogP contribution >= 0.6 is 0 Å². The Morgan fingerprint density at radius 2 is 1.85 bits per heavy atom. The molecule has 1 amide bonds. The Kier molecular flexibility index (Phi) is 6.03. The summed E-state index contributed by atoms with van der Waals surface area (Å²) in [4.78, 5) is 25.4. The van der Waals surface area contributed by atoms with Gasteiger partial charge in [-0.15, -0.1) is 0 Å². The molecule has 8 nitrogen and oxygen atoms in total. The molecule has 2 aromatic carbocycles. The van der Waals surface area contributed by atoms with Crippen LogP contribution < -0.4 is 9.47 Å². The number of aryl methyl sites for hydroxylation is 1. The highest BCUT2D eigenvalue weighted by atomic mass is 16.6. The van der Waals surface area contributed by atoms with Crippen molar-refractivity contribution >= 4 is 17.6 Å². The molecule has 0 saturated carbocycles. The highest BCUT2D eigenvalue weighted by Gasteiger charge is 2.35. The first kappa shape index (κ1) is 21.8. The van der Waals surface area contributed by atoms with Gasteiger partial charge in [-0.2, -0.15) is 5.10 Å². The molecule has 0 spiro atoms. The zero-order chi connectivity index (χ0) is 23.5. The summed E-state index contributed by atoms with van der Waals surface area (Å²) in [6, 6.07) is 16.5. The summed E-state index contributed by atoms with van der Waals surface area (Å²) < 4.78 is 21.9. The van der Waals surface area contributed by atoms with Crippen LogP contribution in [0, 0.1) is 6.92 Å². The van der Waals surface area contributed by atoms with E-state index in [2.05, 4.69) is 5.10 Å². The molecule has 0 saturated heterocycles. The van der Waals surface area contributed by atoms with Crippen LogP contribution in [-0.2, 0) is 20.7 Å². The number of carbonyl (C=O) groups is 2. The number of furan rings is 1.